The molecule has 8 heteroatoms. The third kappa shape index (κ3) is 2.93. The first-order valence-electron chi connectivity index (χ1n) is 6.55. The molecule has 0 radical (unpaired) electrons. The normalized spacial score (nSPS) is 24.2. The van der Waals surface area contributed by atoms with E-state index in [1.54, 1.807) is 6.92 Å². The second kappa shape index (κ2) is 5.94. The van der Waals surface area contributed by atoms with Gasteiger partial charge in [0.2, 0.25) is 10.0 Å². The third-order valence-electron chi connectivity index (χ3n) is 3.77. The van der Waals surface area contributed by atoms with E-state index in [2.05, 4.69) is 0 Å². The number of piperidine rings is 1. The molecule has 0 spiro atoms. The molecule has 1 aliphatic rings. The van der Waals surface area contributed by atoms with Crippen molar-refractivity contribution in [3.05, 3.63) is 29.6 Å². The second-order valence-corrected chi connectivity index (χ2v) is 7.08. The van der Waals surface area contributed by atoms with Crippen LogP contribution in [0.25, 0.3) is 0 Å². The van der Waals surface area contributed by atoms with Crippen molar-refractivity contribution in [3.63, 3.8) is 0 Å². The van der Waals surface area contributed by atoms with Crippen molar-refractivity contribution in [1.82, 2.24) is 4.31 Å². The van der Waals surface area contributed by atoms with Crippen LogP contribution in [0.15, 0.2) is 17.0 Å². The first kappa shape index (κ1) is 16.3. The number of aliphatic hydroxyl groups is 1. The van der Waals surface area contributed by atoms with Crippen molar-refractivity contribution in [3.8, 4) is 0 Å². The van der Waals surface area contributed by atoms with E-state index in [1.165, 1.54) is 0 Å². The van der Waals surface area contributed by atoms with Gasteiger partial charge in [0.1, 0.15) is 4.90 Å². The number of hydrogen-bond acceptors (Lipinski definition) is 3. The fraction of sp³-hybridized carbons (Fsp3) is 0.538. The minimum atomic E-state index is -4.28. The predicted octanol–water partition coefficient (Wildman–Crippen LogP) is 1.89. The molecule has 0 bridgehead atoms. The summed E-state index contributed by atoms with van der Waals surface area (Å²) < 4.78 is 65.9. The van der Waals surface area contributed by atoms with Crippen LogP contribution in [0.4, 0.5) is 13.2 Å². The maximum absolute atomic E-state index is 13.7. The summed E-state index contributed by atoms with van der Waals surface area (Å²) in [5, 5.41) is 9.16. The zero-order chi connectivity index (χ0) is 15.8. The lowest BCUT2D eigenvalue weighted by atomic mass is 9.96. The Kier molecular flexibility index (Phi) is 4.60. The van der Waals surface area contributed by atoms with E-state index in [0.717, 1.165) is 10.4 Å². The van der Waals surface area contributed by atoms with Crippen molar-refractivity contribution >= 4 is 10.0 Å². The molecule has 2 atom stereocenters. The molecule has 1 aromatic rings. The van der Waals surface area contributed by atoms with Crippen LogP contribution in [0.3, 0.4) is 0 Å². The number of halogens is 3. The number of sulfonamides is 1. The van der Waals surface area contributed by atoms with Gasteiger partial charge in [0.15, 0.2) is 17.5 Å². The van der Waals surface area contributed by atoms with E-state index in [1.807, 2.05) is 0 Å². The molecule has 21 heavy (non-hydrogen) atoms. The second-order valence-electron chi connectivity index (χ2n) is 5.22. The number of aliphatic hydroxyl groups excluding tert-OH is 1. The van der Waals surface area contributed by atoms with Crippen LogP contribution in [-0.4, -0.2) is 37.0 Å². The molecule has 1 aromatic carbocycles. The average molecular weight is 323 g/mol. The predicted molar refractivity (Wildman–Crippen MR) is 69.5 cm³/mol. The first-order valence-corrected chi connectivity index (χ1v) is 7.99. The Labute approximate surface area is 121 Å². The van der Waals surface area contributed by atoms with E-state index in [4.69, 9.17) is 5.11 Å². The molecule has 0 amide bonds. The summed E-state index contributed by atoms with van der Waals surface area (Å²) in [6.07, 6.45) is 1.17. The number of benzene rings is 1. The maximum atomic E-state index is 13.7. The Morgan fingerprint density at radius 2 is 1.90 bits per heavy atom. The minimum absolute atomic E-state index is 0.0262. The molecule has 1 N–H and O–H groups in total. The fourth-order valence-corrected chi connectivity index (χ4v) is 4.26. The monoisotopic (exact) mass is 323 g/mol. The summed E-state index contributed by atoms with van der Waals surface area (Å²) >= 11 is 0. The van der Waals surface area contributed by atoms with Crippen LogP contribution >= 0.6 is 0 Å². The van der Waals surface area contributed by atoms with Crippen LogP contribution in [0, 0.1) is 23.4 Å². The molecule has 1 aliphatic heterocycles. The highest BCUT2D eigenvalue weighted by molar-refractivity contribution is 7.89. The smallest absolute Gasteiger partial charge is 0.246 e. The van der Waals surface area contributed by atoms with Crippen molar-refractivity contribution in [1.29, 1.82) is 0 Å². The van der Waals surface area contributed by atoms with Gasteiger partial charge in [-0.2, -0.15) is 4.31 Å². The van der Waals surface area contributed by atoms with Gasteiger partial charge in [0.25, 0.3) is 0 Å². The summed E-state index contributed by atoms with van der Waals surface area (Å²) in [7, 11) is -4.28. The van der Waals surface area contributed by atoms with Gasteiger partial charge in [-0.15, -0.1) is 0 Å². The molecular formula is C13H16F3NO3S. The van der Waals surface area contributed by atoms with Gasteiger partial charge in [-0.05, 0) is 37.8 Å². The van der Waals surface area contributed by atoms with Gasteiger partial charge < -0.3 is 5.11 Å². The number of hydrogen-bond donors (Lipinski definition) is 1. The molecule has 2 rings (SSSR count). The van der Waals surface area contributed by atoms with Gasteiger partial charge in [-0.25, -0.2) is 21.6 Å². The quantitative estimate of drug-likeness (QED) is 0.864. The summed E-state index contributed by atoms with van der Waals surface area (Å²) in [5.41, 5.74) is 0. The Hall–Kier alpha value is -1.12. The largest absolute Gasteiger partial charge is 0.396 e. The van der Waals surface area contributed by atoms with Crippen molar-refractivity contribution in [2.45, 2.75) is 30.7 Å². The maximum Gasteiger partial charge on any atom is 0.246 e. The average Bonchev–Trinajstić information content (AvgIpc) is 2.45. The Morgan fingerprint density at radius 1 is 1.24 bits per heavy atom. The molecule has 1 heterocycles. The number of rotatable bonds is 3. The van der Waals surface area contributed by atoms with Gasteiger partial charge in [-0.3, -0.25) is 0 Å². The van der Waals surface area contributed by atoms with E-state index in [-0.39, 0.29) is 19.1 Å². The fourth-order valence-electron chi connectivity index (χ4n) is 2.46. The summed E-state index contributed by atoms with van der Waals surface area (Å²) in [4.78, 5) is -0.883. The molecule has 1 fully saturated rings. The van der Waals surface area contributed by atoms with Gasteiger partial charge in [0, 0.05) is 19.2 Å². The lowest BCUT2D eigenvalue weighted by Crippen LogP contribution is -2.46. The summed E-state index contributed by atoms with van der Waals surface area (Å²) in [6, 6.07) is 0.909. The van der Waals surface area contributed by atoms with Crippen molar-refractivity contribution in [2.75, 3.05) is 13.2 Å². The summed E-state index contributed by atoms with van der Waals surface area (Å²) in [5.74, 6) is -5.21. The molecule has 0 aromatic heterocycles. The third-order valence-corrected chi connectivity index (χ3v) is 5.76. The molecule has 1 saturated heterocycles. The molecule has 0 aliphatic carbocycles. The van der Waals surface area contributed by atoms with Crippen LogP contribution in [0.5, 0.6) is 0 Å². The molecule has 0 saturated carbocycles. The van der Waals surface area contributed by atoms with Crippen LogP contribution in [-0.2, 0) is 10.0 Å². The van der Waals surface area contributed by atoms with Crippen LogP contribution in [0.2, 0.25) is 0 Å². The van der Waals surface area contributed by atoms with Crippen molar-refractivity contribution in [2.24, 2.45) is 5.92 Å². The Balaban J connectivity index is 2.44. The molecule has 4 nitrogen and oxygen atoms in total. The highest BCUT2D eigenvalue weighted by Crippen LogP contribution is 2.30. The van der Waals surface area contributed by atoms with E-state index in [9.17, 15) is 21.6 Å². The van der Waals surface area contributed by atoms with Gasteiger partial charge in [-0.1, -0.05) is 0 Å². The molecule has 118 valence electrons. The van der Waals surface area contributed by atoms with Crippen LogP contribution in [0.1, 0.15) is 19.8 Å². The van der Waals surface area contributed by atoms with Crippen LogP contribution < -0.4 is 0 Å². The highest BCUT2D eigenvalue weighted by Gasteiger charge is 2.37. The standard InChI is InChI=1S/C13H16F3NO3S/c1-8-2-3-9(7-18)6-17(8)21(19,20)11-5-4-10(14)12(15)13(11)16/h4-5,8-9,18H,2-3,6-7H2,1H3. The minimum Gasteiger partial charge on any atom is -0.396 e. The zero-order valence-electron chi connectivity index (χ0n) is 11.4. The SMILES string of the molecule is CC1CCC(CO)CN1S(=O)(=O)c1ccc(F)c(F)c1F. The lowest BCUT2D eigenvalue weighted by molar-refractivity contribution is 0.139. The van der Waals surface area contributed by atoms with E-state index in [0.29, 0.717) is 18.9 Å². The lowest BCUT2D eigenvalue weighted by Gasteiger charge is -2.36. The topological polar surface area (TPSA) is 57.6 Å². The molecule has 2 unspecified atom stereocenters. The Morgan fingerprint density at radius 3 is 2.52 bits per heavy atom. The highest BCUT2D eigenvalue weighted by atomic mass is 32.2. The van der Waals surface area contributed by atoms with Gasteiger partial charge in [0.05, 0.1) is 0 Å². The molecular weight excluding hydrogens is 307 g/mol. The number of nitrogens with zero attached hydrogens (tertiary/aromatic N) is 1. The van der Waals surface area contributed by atoms with Gasteiger partial charge >= 0.3 is 0 Å². The van der Waals surface area contributed by atoms with E-state index >= 15 is 0 Å². The summed E-state index contributed by atoms with van der Waals surface area (Å²) in [6.45, 7) is 1.50. The van der Waals surface area contributed by atoms with E-state index < -0.39 is 38.4 Å². The first-order chi connectivity index (χ1) is 9.78. The van der Waals surface area contributed by atoms with Crippen molar-refractivity contribution < 1.29 is 26.7 Å². The zero-order valence-corrected chi connectivity index (χ0v) is 12.2. The Bertz CT molecular complexity index is 636.